The Balaban J connectivity index is 1.73. The predicted octanol–water partition coefficient (Wildman–Crippen LogP) is 4.60. The smallest absolute Gasteiger partial charge is 0.0708 e. The van der Waals surface area contributed by atoms with Crippen molar-refractivity contribution in [3.8, 4) is 0 Å². The molecule has 0 aliphatic heterocycles. The molecule has 2 nitrogen and oxygen atoms in total. The molecule has 0 saturated heterocycles. The van der Waals surface area contributed by atoms with Crippen LogP contribution in [0.4, 0.5) is 0 Å². The van der Waals surface area contributed by atoms with Crippen molar-refractivity contribution in [3.63, 3.8) is 0 Å². The highest BCUT2D eigenvalue weighted by atomic mass is 14.9. The summed E-state index contributed by atoms with van der Waals surface area (Å²) >= 11 is 0. The molecular weight excluding hydrogens is 256 g/mol. The van der Waals surface area contributed by atoms with Crippen LogP contribution in [0.3, 0.4) is 0 Å². The number of para-hydroxylation sites is 1. The molecule has 1 fully saturated rings. The second-order valence-electron chi connectivity index (χ2n) is 6.60. The van der Waals surface area contributed by atoms with Crippen LogP contribution < -0.4 is 5.32 Å². The molecule has 0 bridgehead atoms. The van der Waals surface area contributed by atoms with Crippen LogP contribution in [0.5, 0.6) is 0 Å². The van der Waals surface area contributed by atoms with Crippen LogP contribution in [0.25, 0.3) is 10.9 Å². The summed E-state index contributed by atoms with van der Waals surface area (Å²) in [6.45, 7) is 6.53. The molecule has 112 valence electrons. The lowest BCUT2D eigenvalue weighted by molar-refractivity contribution is 0.268. The van der Waals surface area contributed by atoms with E-state index in [-0.39, 0.29) is 0 Å². The predicted molar refractivity (Wildman–Crippen MR) is 89.4 cm³/mol. The van der Waals surface area contributed by atoms with E-state index in [4.69, 9.17) is 0 Å². The molecule has 1 aliphatic rings. The van der Waals surface area contributed by atoms with Gasteiger partial charge < -0.3 is 5.32 Å². The summed E-state index contributed by atoms with van der Waals surface area (Å²) in [7, 11) is 0. The fourth-order valence-corrected chi connectivity index (χ4v) is 3.78. The van der Waals surface area contributed by atoms with Crippen LogP contribution in [0, 0.1) is 12.3 Å². The highest BCUT2D eigenvalue weighted by Crippen LogP contribution is 2.40. The van der Waals surface area contributed by atoms with Gasteiger partial charge in [-0.05, 0) is 49.3 Å². The summed E-state index contributed by atoms with van der Waals surface area (Å²) in [5.41, 5.74) is 4.15. The lowest BCUT2D eigenvalue weighted by Crippen LogP contribution is -2.31. The van der Waals surface area contributed by atoms with E-state index < -0.39 is 0 Å². The largest absolute Gasteiger partial charge is 0.312 e. The van der Waals surface area contributed by atoms with Crippen molar-refractivity contribution in [1.29, 1.82) is 0 Å². The minimum absolute atomic E-state index is 0.553. The molecule has 0 atom stereocenters. The van der Waals surface area contributed by atoms with Gasteiger partial charge in [-0.2, -0.15) is 0 Å². The number of nitrogens with one attached hydrogen (secondary N) is 1. The molecule has 3 rings (SSSR count). The van der Waals surface area contributed by atoms with Gasteiger partial charge in [0.25, 0.3) is 0 Å². The first-order chi connectivity index (χ1) is 10.2. The summed E-state index contributed by atoms with van der Waals surface area (Å²) in [5.74, 6) is 0. The van der Waals surface area contributed by atoms with E-state index in [1.165, 1.54) is 43.1 Å². The van der Waals surface area contributed by atoms with Gasteiger partial charge in [0.15, 0.2) is 0 Å². The maximum atomic E-state index is 4.62. The molecule has 0 unspecified atom stereocenters. The molecule has 1 aliphatic carbocycles. The summed E-state index contributed by atoms with van der Waals surface area (Å²) in [5, 5.41) is 5.01. The zero-order chi connectivity index (χ0) is 14.7. The van der Waals surface area contributed by atoms with E-state index >= 15 is 0 Å². The number of aromatic nitrogens is 1. The normalized spacial score (nSPS) is 17.4. The number of benzene rings is 1. The molecule has 1 N–H and O–H groups in total. The van der Waals surface area contributed by atoms with Gasteiger partial charge in [-0.25, -0.2) is 0 Å². The van der Waals surface area contributed by atoms with Crippen molar-refractivity contribution in [2.24, 2.45) is 5.41 Å². The third kappa shape index (κ3) is 3.11. The summed E-state index contributed by atoms with van der Waals surface area (Å²) < 4.78 is 0. The number of hydrogen-bond acceptors (Lipinski definition) is 2. The number of aryl methyl sites for hydroxylation is 1. The van der Waals surface area contributed by atoms with E-state index in [9.17, 15) is 0 Å². The van der Waals surface area contributed by atoms with E-state index in [1.807, 2.05) is 0 Å². The molecular formula is C19H26N2. The van der Waals surface area contributed by atoms with Gasteiger partial charge in [0.2, 0.25) is 0 Å². The molecule has 1 heterocycles. The van der Waals surface area contributed by atoms with E-state index in [0.29, 0.717) is 5.41 Å². The minimum atomic E-state index is 0.553. The average Bonchev–Trinajstić information content (AvgIpc) is 2.96. The van der Waals surface area contributed by atoms with Gasteiger partial charge in [0.1, 0.15) is 0 Å². The molecule has 1 aromatic carbocycles. The van der Waals surface area contributed by atoms with Gasteiger partial charge in [-0.3, -0.25) is 4.98 Å². The lowest BCUT2D eigenvalue weighted by atomic mass is 9.83. The minimum Gasteiger partial charge on any atom is -0.312 e. The van der Waals surface area contributed by atoms with Crippen LogP contribution >= 0.6 is 0 Å². The Kier molecular flexibility index (Phi) is 4.25. The number of rotatable bonds is 5. The Bertz CT molecular complexity index is 612. The fourth-order valence-electron chi connectivity index (χ4n) is 3.78. The third-order valence-electron chi connectivity index (χ3n) is 5.16. The quantitative estimate of drug-likeness (QED) is 0.866. The monoisotopic (exact) mass is 282 g/mol. The van der Waals surface area contributed by atoms with Gasteiger partial charge >= 0.3 is 0 Å². The molecule has 0 radical (unpaired) electrons. The lowest BCUT2D eigenvalue weighted by Gasteiger charge is -2.28. The van der Waals surface area contributed by atoms with E-state index in [2.05, 4.69) is 54.5 Å². The first kappa shape index (κ1) is 14.5. The number of nitrogens with zero attached hydrogens (tertiary/aromatic N) is 1. The summed E-state index contributed by atoms with van der Waals surface area (Å²) in [6, 6.07) is 10.7. The second kappa shape index (κ2) is 6.15. The Morgan fingerprint density at radius 3 is 2.71 bits per heavy atom. The average molecular weight is 282 g/mol. The molecule has 2 heteroatoms. The van der Waals surface area contributed by atoms with Gasteiger partial charge in [0.05, 0.1) is 5.52 Å². The van der Waals surface area contributed by atoms with Crippen molar-refractivity contribution in [1.82, 2.24) is 10.3 Å². The zero-order valence-electron chi connectivity index (χ0n) is 13.3. The van der Waals surface area contributed by atoms with Crippen LogP contribution in [0.1, 0.15) is 50.3 Å². The Hall–Kier alpha value is -1.41. The summed E-state index contributed by atoms with van der Waals surface area (Å²) in [6.07, 6.45) is 6.91. The first-order valence-corrected chi connectivity index (χ1v) is 8.28. The SMILES string of the molecule is CCC1(CNCc2cc(C)nc3ccccc23)CCCC1. The Morgan fingerprint density at radius 2 is 1.95 bits per heavy atom. The standard InChI is InChI=1S/C19H26N2/c1-3-19(10-6-7-11-19)14-20-13-16-12-15(2)21-18-9-5-4-8-17(16)18/h4-5,8-9,12,20H,3,6-7,10-11,13-14H2,1-2H3. The van der Waals surface area contributed by atoms with E-state index in [1.54, 1.807) is 0 Å². The first-order valence-electron chi connectivity index (χ1n) is 8.28. The molecule has 2 aromatic rings. The number of pyridine rings is 1. The van der Waals surface area contributed by atoms with Crippen molar-refractivity contribution < 1.29 is 0 Å². The highest BCUT2D eigenvalue weighted by Gasteiger charge is 2.31. The maximum absolute atomic E-state index is 4.62. The Labute approximate surface area is 128 Å². The second-order valence-corrected chi connectivity index (χ2v) is 6.60. The van der Waals surface area contributed by atoms with Gasteiger partial charge in [-0.15, -0.1) is 0 Å². The molecule has 0 spiro atoms. The van der Waals surface area contributed by atoms with Crippen LogP contribution in [-0.2, 0) is 6.54 Å². The van der Waals surface area contributed by atoms with Crippen molar-refractivity contribution in [2.45, 2.75) is 52.5 Å². The van der Waals surface area contributed by atoms with Crippen LogP contribution in [0.15, 0.2) is 30.3 Å². The highest BCUT2D eigenvalue weighted by molar-refractivity contribution is 5.82. The number of hydrogen-bond donors (Lipinski definition) is 1. The molecule has 21 heavy (non-hydrogen) atoms. The molecule has 1 saturated carbocycles. The summed E-state index contributed by atoms with van der Waals surface area (Å²) in [4.78, 5) is 4.62. The number of fused-ring (bicyclic) bond motifs is 1. The van der Waals surface area contributed by atoms with Gasteiger partial charge in [-0.1, -0.05) is 38.0 Å². The molecule has 0 amide bonds. The van der Waals surface area contributed by atoms with Crippen molar-refractivity contribution in [3.05, 3.63) is 41.6 Å². The van der Waals surface area contributed by atoms with Crippen molar-refractivity contribution in [2.75, 3.05) is 6.54 Å². The maximum Gasteiger partial charge on any atom is 0.0708 e. The van der Waals surface area contributed by atoms with Crippen LogP contribution in [-0.4, -0.2) is 11.5 Å². The zero-order valence-corrected chi connectivity index (χ0v) is 13.3. The van der Waals surface area contributed by atoms with Crippen molar-refractivity contribution >= 4 is 10.9 Å². The Morgan fingerprint density at radius 1 is 1.19 bits per heavy atom. The fraction of sp³-hybridized carbons (Fsp3) is 0.526. The van der Waals surface area contributed by atoms with Gasteiger partial charge in [0, 0.05) is 24.2 Å². The topological polar surface area (TPSA) is 24.9 Å². The van der Waals surface area contributed by atoms with E-state index in [0.717, 1.165) is 24.3 Å². The third-order valence-corrected chi connectivity index (χ3v) is 5.16. The van der Waals surface area contributed by atoms with Crippen LogP contribution in [0.2, 0.25) is 0 Å². The molecule has 1 aromatic heterocycles.